The number of halogens is 1. The molecule has 96 valence electrons. The Morgan fingerprint density at radius 1 is 1.37 bits per heavy atom. The molecule has 19 heavy (non-hydrogen) atoms. The van der Waals surface area contributed by atoms with Crippen LogP contribution in [0.4, 0.5) is 4.39 Å². The lowest BCUT2D eigenvalue weighted by Gasteiger charge is -1.99. The van der Waals surface area contributed by atoms with E-state index in [0.717, 1.165) is 5.01 Å². The van der Waals surface area contributed by atoms with E-state index in [1.54, 1.807) is 6.92 Å². The molecule has 5 nitrogen and oxygen atoms in total. The van der Waals surface area contributed by atoms with E-state index in [2.05, 4.69) is 10.1 Å². The highest BCUT2D eigenvalue weighted by Gasteiger charge is 2.22. The van der Waals surface area contributed by atoms with Gasteiger partial charge in [-0.25, -0.2) is 14.2 Å². The molecule has 0 bridgehead atoms. The van der Waals surface area contributed by atoms with Crippen LogP contribution in [0.3, 0.4) is 0 Å². The molecule has 3 rings (SSSR count). The summed E-state index contributed by atoms with van der Waals surface area (Å²) in [6.45, 7) is 1.78. The summed E-state index contributed by atoms with van der Waals surface area (Å²) >= 11 is 1.31. The van der Waals surface area contributed by atoms with Crippen LogP contribution in [0.15, 0.2) is 24.3 Å². The molecule has 2 aromatic heterocycles. The van der Waals surface area contributed by atoms with Crippen LogP contribution in [0.25, 0.3) is 16.2 Å². The number of carboxylic acid groups (broad SMARTS) is 1. The average Bonchev–Trinajstić information content (AvgIpc) is 2.85. The minimum absolute atomic E-state index is 0.00837. The number of nitrogens with zero attached hydrogens (tertiary/aromatic N) is 3. The van der Waals surface area contributed by atoms with E-state index in [4.69, 9.17) is 0 Å². The van der Waals surface area contributed by atoms with Gasteiger partial charge in [-0.05, 0) is 31.2 Å². The first-order valence-corrected chi connectivity index (χ1v) is 6.23. The number of carbonyl (C=O) groups is 1. The third-order valence-electron chi connectivity index (χ3n) is 2.62. The Bertz CT molecular complexity index is 776. The molecule has 0 aliphatic carbocycles. The summed E-state index contributed by atoms with van der Waals surface area (Å²) in [6, 6.07) is 5.54. The van der Waals surface area contributed by atoms with Gasteiger partial charge in [0.05, 0.1) is 0 Å². The number of benzene rings is 1. The standard InChI is InChI=1S/C12H8FN3O2S/c1-6-15-16-10(11(17)18)9(14-12(16)19-6)7-2-4-8(13)5-3-7/h2-5H,1H3,(H,17,18). The monoisotopic (exact) mass is 277 g/mol. The van der Waals surface area contributed by atoms with E-state index in [-0.39, 0.29) is 11.5 Å². The molecule has 3 aromatic rings. The Morgan fingerprint density at radius 3 is 2.68 bits per heavy atom. The van der Waals surface area contributed by atoms with Gasteiger partial charge in [-0.1, -0.05) is 11.3 Å². The minimum Gasteiger partial charge on any atom is -0.476 e. The van der Waals surface area contributed by atoms with E-state index >= 15 is 0 Å². The Balaban J connectivity index is 2.28. The van der Waals surface area contributed by atoms with Crippen LogP contribution in [0, 0.1) is 12.7 Å². The number of rotatable bonds is 2. The number of hydrogen-bond donors (Lipinski definition) is 1. The first kappa shape index (κ1) is 11.8. The summed E-state index contributed by atoms with van der Waals surface area (Å²) in [5, 5.41) is 14.2. The maximum absolute atomic E-state index is 12.9. The zero-order valence-electron chi connectivity index (χ0n) is 9.79. The number of aromatic nitrogens is 3. The minimum atomic E-state index is -1.11. The van der Waals surface area contributed by atoms with Gasteiger partial charge in [-0.2, -0.15) is 9.61 Å². The predicted molar refractivity (Wildman–Crippen MR) is 68.0 cm³/mol. The average molecular weight is 277 g/mol. The van der Waals surface area contributed by atoms with Crippen molar-refractivity contribution in [2.75, 3.05) is 0 Å². The molecule has 0 aliphatic heterocycles. The van der Waals surface area contributed by atoms with Crippen LogP contribution in [0.2, 0.25) is 0 Å². The van der Waals surface area contributed by atoms with Gasteiger partial charge < -0.3 is 5.11 Å². The van der Waals surface area contributed by atoms with Gasteiger partial charge >= 0.3 is 5.97 Å². The first-order valence-electron chi connectivity index (χ1n) is 5.41. The Labute approximate surface area is 111 Å². The van der Waals surface area contributed by atoms with Crippen LogP contribution >= 0.6 is 11.3 Å². The van der Waals surface area contributed by atoms with E-state index in [0.29, 0.717) is 16.2 Å². The third kappa shape index (κ3) is 1.88. The fourth-order valence-electron chi connectivity index (χ4n) is 1.84. The second kappa shape index (κ2) is 4.13. The van der Waals surface area contributed by atoms with Gasteiger partial charge in [0.1, 0.15) is 16.5 Å². The van der Waals surface area contributed by atoms with Gasteiger partial charge in [-0.3, -0.25) is 0 Å². The zero-order valence-corrected chi connectivity index (χ0v) is 10.6. The SMILES string of the molecule is Cc1nn2c(C(=O)O)c(-c3ccc(F)cc3)nc2s1. The highest BCUT2D eigenvalue weighted by Crippen LogP contribution is 2.27. The van der Waals surface area contributed by atoms with Gasteiger partial charge in [0.15, 0.2) is 5.69 Å². The molecule has 0 amide bonds. The van der Waals surface area contributed by atoms with Crippen molar-refractivity contribution in [3.8, 4) is 11.3 Å². The lowest BCUT2D eigenvalue weighted by atomic mass is 10.1. The molecule has 0 aliphatic rings. The predicted octanol–water partition coefficient (Wildman–Crippen LogP) is 2.60. The summed E-state index contributed by atoms with van der Waals surface area (Å²) in [5.41, 5.74) is 0.839. The van der Waals surface area contributed by atoms with Gasteiger partial charge in [0.25, 0.3) is 0 Å². The number of aromatic carboxylic acids is 1. The summed E-state index contributed by atoms with van der Waals surface area (Å²) in [7, 11) is 0. The molecule has 0 spiro atoms. The van der Waals surface area contributed by atoms with Crippen molar-refractivity contribution in [2.24, 2.45) is 0 Å². The van der Waals surface area contributed by atoms with Crippen LogP contribution < -0.4 is 0 Å². The van der Waals surface area contributed by atoms with E-state index in [9.17, 15) is 14.3 Å². The lowest BCUT2D eigenvalue weighted by Crippen LogP contribution is -2.04. The van der Waals surface area contributed by atoms with Crippen LogP contribution in [-0.2, 0) is 0 Å². The fraction of sp³-hybridized carbons (Fsp3) is 0.0833. The summed E-state index contributed by atoms with van der Waals surface area (Å²) in [4.78, 5) is 16.2. The van der Waals surface area contributed by atoms with Crippen molar-refractivity contribution in [1.82, 2.24) is 14.6 Å². The van der Waals surface area contributed by atoms with Crippen molar-refractivity contribution in [3.63, 3.8) is 0 Å². The maximum atomic E-state index is 12.9. The Morgan fingerprint density at radius 2 is 2.05 bits per heavy atom. The molecular formula is C12H8FN3O2S. The number of carboxylic acids is 1. The molecule has 0 saturated heterocycles. The maximum Gasteiger partial charge on any atom is 0.356 e. The molecule has 0 atom stereocenters. The normalized spacial score (nSPS) is 11.1. The molecule has 2 heterocycles. The molecule has 0 saturated carbocycles. The van der Waals surface area contributed by atoms with Crippen molar-refractivity contribution in [3.05, 3.63) is 40.8 Å². The Kier molecular flexibility index (Phi) is 2.56. The highest BCUT2D eigenvalue weighted by molar-refractivity contribution is 7.16. The zero-order chi connectivity index (χ0) is 13.6. The molecule has 1 N–H and O–H groups in total. The number of fused-ring (bicyclic) bond motifs is 1. The summed E-state index contributed by atoms with van der Waals surface area (Å²) < 4.78 is 14.2. The number of imidazole rings is 1. The smallest absolute Gasteiger partial charge is 0.356 e. The highest BCUT2D eigenvalue weighted by atomic mass is 32.1. The fourth-order valence-corrected chi connectivity index (χ4v) is 2.59. The quantitative estimate of drug-likeness (QED) is 0.781. The number of hydrogen-bond acceptors (Lipinski definition) is 4. The Hall–Kier alpha value is -2.28. The van der Waals surface area contributed by atoms with Crippen molar-refractivity contribution in [1.29, 1.82) is 0 Å². The summed E-state index contributed by atoms with van der Waals surface area (Å²) in [5.74, 6) is -1.49. The van der Waals surface area contributed by atoms with Gasteiger partial charge in [0.2, 0.25) is 4.96 Å². The molecule has 0 fully saturated rings. The molecule has 0 radical (unpaired) electrons. The second-order valence-corrected chi connectivity index (χ2v) is 5.10. The topological polar surface area (TPSA) is 67.5 Å². The molecular weight excluding hydrogens is 269 g/mol. The summed E-state index contributed by atoms with van der Waals surface area (Å²) in [6.07, 6.45) is 0. The third-order valence-corrected chi connectivity index (χ3v) is 3.45. The lowest BCUT2D eigenvalue weighted by molar-refractivity contribution is 0.0689. The molecule has 0 unspecified atom stereocenters. The van der Waals surface area contributed by atoms with E-state index < -0.39 is 5.97 Å². The molecule has 1 aromatic carbocycles. The first-order chi connectivity index (χ1) is 9.06. The van der Waals surface area contributed by atoms with Crippen molar-refractivity contribution in [2.45, 2.75) is 6.92 Å². The van der Waals surface area contributed by atoms with Crippen LogP contribution in [-0.4, -0.2) is 25.7 Å². The second-order valence-electron chi connectivity index (χ2n) is 3.94. The van der Waals surface area contributed by atoms with E-state index in [1.807, 2.05) is 0 Å². The molecule has 7 heteroatoms. The van der Waals surface area contributed by atoms with Crippen LogP contribution in [0.1, 0.15) is 15.5 Å². The van der Waals surface area contributed by atoms with Gasteiger partial charge in [-0.15, -0.1) is 0 Å². The van der Waals surface area contributed by atoms with Crippen LogP contribution in [0.5, 0.6) is 0 Å². The van der Waals surface area contributed by atoms with Crippen molar-refractivity contribution < 1.29 is 14.3 Å². The van der Waals surface area contributed by atoms with Gasteiger partial charge in [0, 0.05) is 5.56 Å². The van der Waals surface area contributed by atoms with E-state index in [1.165, 1.54) is 40.1 Å². The van der Waals surface area contributed by atoms with Crippen molar-refractivity contribution >= 4 is 22.3 Å². The largest absolute Gasteiger partial charge is 0.476 e. The number of aryl methyl sites for hydroxylation is 1.